The van der Waals surface area contributed by atoms with E-state index in [-0.39, 0.29) is 0 Å². The van der Waals surface area contributed by atoms with Crippen LogP contribution in [0.15, 0.2) is 0 Å². The van der Waals surface area contributed by atoms with Gasteiger partial charge in [-0.3, -0.25) is 0 Å². The summed E-state index contributed by atoms with van der Waals surface area (Å²) in [6.07, 6.45) is 2.18. The molecule has 0 radical (unpaired) electrons. The molecular weight excluding hydrogens is 262 g/mol. The molecule has 1 aromatic heterocycles. The van der Waals surface area contributed by atoms with E-state index in [0.29, 0.717) is 21.7 Å². The van der Waals surface area contributed by atoms with E-state index in [4.69, 9.17) is 5.11 Å². The standard InChI is InChI=1S/C13H23N3O2S/c1-9(2)16(4)8-6-5-7-14-13-15-10(3)11(19-13)12(17)18/h9H,5-8H2,1-4H3,(H,14,15)(H,17,18). The van der Waals surface area contributed by atoms with Crippen LogP contribution in [-0.4, -0.2) is 47.1 Å². The summed E-state index contributed by atoms with van der Waals surface area (Å²) in [6.45, 7) is 8.01. The van der Waals surface area contributed by atoms with Crippen molar-refractivity contribution in [3.05, 3.63) is 10.6 Å². The molecule has 0 aromatic carbocycles. The summed E-state index contributed by atoms with van der Waals surface area (Å²) >= 11 is 1.20. The van der Waals surface area contributed by atoms with Gasteiger partial charge in [-0.25, -0.2) is 9.78 Å². The van der Waals surface area contributed by atoms with E-state index < -0.39 is 5.97 Å². The van der Waals surface area contributed by atoms with E-state index in [1.54, 1.807) is 6.92 Å². The normalized spacial score (nSPS) is 11.3. The average molecular weight is 285 g/mol. The number of nitrogens with one attached hydrogen (secondary N) is 1. The van der Waals surface area contributed by atoms with Gasteiger partial charge in [-0.15, -0.1) is 0 Å². The molecule has 19 heavy (non-hydrogen) atoms. The predicted octanol–water partition coefficient (Wildman–Crippen LogP) is 2.68. The lowest BCUT2D eigenvalue weighted by atomic mass is 10.2. The molecule has 0 aliphatic carbocycles. The molecular formula is C13H23N3O2S. The molecule has 0 aliphatic heterocycles. The molecule has 0 spiro atoms. The second-order valence-electron chi connectivity index (χ2n) is 4.95. The van der Waals surface area contributed by atoms with Gasteiger partial charge in [-0.1, -0.05) is 11.3 Å². The Balaban J connectivity index is 2.26. The van der Waals surface area contributed by atoms with Gasteiger partial charge in [0.15, 0.2) is 5.13 Å². The van der Waals surface area contributed by atoms with Gasteiger partial charge in [-0.2, -0.15) is 0 Å². The van der Waals surface area contributed by atoms with Gasteiger partial charge in [0.25, 0.3) is 0 Å². The number of carboxylic acid groups (broad SMARTS) is 1. The fraction of sp³-hybridized carbons (Fsp3) is 0.692. The molecule has 0 aliphatic rings. The van der Waals surface area contributed by atoms with Gasteiger partial charge in [0.2, 0.25) is 0 Å². The maximum Gasteiger partial charge on any atom is 0.347 e. The summed E-state index contributed by atoms with van der Waals surface area (Å²) in [5, 5.41) is 12.8. The topological polar surface area (TPSA) is 65.5 Å². The average Bonchev–Trinajstić information content (AvgIpc) is 2.69. The molecule has 6 heteroatoms. The number of rotatable bonds is 8. The predicted molar refractivity (Wildman–Crippen MR) is 79.3 cm³/mol. The lowest BCUT2D eigenvalue weighted by Gasteiger charge is -2.20. The van der Waals surface area contributed by atoms with Crippen LogP contribution in [0.5, 0.6) is 0 Å². The van der Waals surface area contributed by atoms with Crippen molar-refractivity contribution in [2.24, 2.45) is 0 Å². The third-order valence-corrected chi connectivity index (χ3v) is 4.19. The van der Waals surface area contributed by atoms with Crippen LogP contribution < -0.4 is 5.32 Å². The van der Waals surface area contributed by atoms with Crippen LogP contribution in [0, 0.1) is 6.92 Å². The second kappa shape index (κ2) is 7.45. The van der Waals surface area contributed by atoms with Crippen molar-refractivity contribution in [3.8, 4) is 0 Å². The largest absolute Gasteiger partial charge is 0.477 e. The third-order valence-electron chi connectivity index (χ3n) is 3.09. The van der Waals surface area contributed by atoms with Crippen LogP contribution in [0.2, 0.25) is 0 Å². The fourth-order valence-corrected chi connectivity index (χ4v) is 2.44. The molecule has 0 bridgehead atoms. The Morgan fingerprint density at radius 1 is 1.47 bits per heavy atom. The number of hydrogen-bond donors (Lipinski definition) is 2. The first kappa shape index (κ1) is 15.9. The number of hydrogen-bond acceptors (Lipinski definition) is 5. The monoisotopic (exact) mass is 285 g/mol. The highest BCUT2D eigenvalue weighted by Gasteiger charge is 2.13. The van der Waals surface area contributed by atoms with Crippen LogP contribution in [0.3, 0.4) is 0 Å². The fourth-order valence-electron chi connectivity index (χ4n) is 1.61. The highest BCUT2D eigenvalue weighted by atomic mass is 32.1. The zero-order valence-electron chi connectivity index (χ0n) is 12.1. The molecule has 1 aromatic rings. The van der Waals surface area contributed by atoms with Crippen molar-refractivity contribution in [1.82, 2.24) is 9.88 Å². The molecule has 0 saturated heterocycles. The van der Waals surface area contributed by atoms with E-state index in [9.17, 15) is 4.79 Å². The van der Waals surface area contributed by atoms with Crippen LogP contribution in [-0.2, 0) is 0 Å². The number of carboxylic acids is 1. The van der Waals surface area contributed by atoms with Crippen LogP contribution in [0.4, 0.5) is 5.13 Å². The summed E-state index contributed by atoms with van der Waals surface area (Å²) < 4.78 is 0. The number of aryl methyl sites for hydroxylation is 1. The molecule has 0 fully saturated rings. The maximum absolute atomic E-state index is 10.9. The van der Waals surface area contributed by atoms with Crippen molar-refractivity contribution in [2.75, 3.05) is 25.5 Å². The molecule has 0 unspecified atom stereocenters. The smallest absolute Gasteiger partial charge is 0.347 e. The minimum Gasteiger partial charge on any atom is -0.477 e. The van der Waals surface area contributed by atoms with Crippen molar-refractivity contribution >= 4 is 22.4 Å². The molecule has 0 amide bonds. The van der Waals surface area contributed by atoms with Crippen LogP contribution in [0.25, 0.3) is 0 Å². The summed E-state index contributed by atoms with van der Waals surface area (Å²) in [6, 6.07) is 0.577. The number of unbranched alkanes of at least 4 members (excludes halogenated alkanes) is 1. The Morgan fingerprint density at radius 3 is 2.68 bits per heavy atom. The lowest BCUT2D eigenvalue weighted by Crippen LogP contribution is -2.27. The molecule has 108 valence electrons. The first-order valence-electron chi connectivity index (χ1n) is 6.56. The molecule has 5 nitrogen and oxygen atoms in total. The zero-order chi connectivity index (χ0) is 14.4. The number of anilines is 1. The van der Waals surface area contributed by atoms with Crippen molar-refractivity contribution in [1.29, 1.82) is 0 Å². The first-order chi connectivity index (χ1) is 8.91. The lowest BCUT2D eigenvalue weighted by molar-refractivity contribution is 0.0701. The van der Waals surface area contributed by atoms with Crippen molar-refractivity contribution in [2.45, 2.75) is 39.7 Å². The summed E-state index contributed by atoms with van der Waals surface area (Å²) in [7, 11) is 2.13. The van der Waals surface area contributed by atoms with Gasteiger partial charge in [0.1, 0.15) is 4.88 Å². The Morgan fingerprint density at radius 2 is 2.16 bits per heavy atom. The summed E-state index contributed by atoms with van der Waals surface area (Å²) in [5.74, 6) is -0.901. The van der Waals surface area contributed by atoms with Gasteiger partial charge < -0.3 is 15.3 Å². The number of aromatic carboxylic acids is 1. The Hall–Kier alpha value is -1.14. The summed E-state index contributed by atoms with van der Waals surface area (Å²) in [5.41, 5.74) is 0.583. The maximum atomic E-state index is 10.9. The number of carbonyl (C=O) groups is 1. The van der Waals surface area contributed by atoms with Crippen LogP contribution >= 0.6 is 11.3 Å². The quantitative estimate of drug-likeness (QED) is 0.719. The SMILES string of the molecule is Cc1nc(NCCCCN(C)C(C)C)sc1C(=O)O. The van der Waals surface area contributed by atoms with Gasteiger partial charge >= 0.3 is 5.97 Å². The van der Waals surface area contributed by atoms with E-state index in [1.807, 2.05) is 0 Å². The Kier molecular flexibility index (Phi) is 6.24. The highest BCUT2D eigenvalue weighted by molar-refractivity contribution is 7.17. The molecule has 2 N–H and O–H groups in total. The van der Waals surface area contributed by atoms with Crippen molar-refractivity contribution in [3.63, 3.8) is 0 Å². The minimum absolute atomic E-state index is 0.321. The van der Waals surface area contributed by atoms with Gasteiger partial charge in [-0.05, 0) is 47.2 Å². The van der Waals surface area contributed by atoms with E-state index in [0.717, 1.165) is 25.9 Å². The first-order valence-corrected chi connectivity index (χ1v) is 7.38. The Labute approximate surface area is 118 Å². The van der Waals surface area contributed by atoms with E-state index in [1.165, 1.54) is 11.3 Å². The number of aromatic nitrogens is 1. The van der Waals surface area contributed by atoms with Crippen LogP contribution in [0.1, 0.15) is 42.1 Å². The minimum atomic E-state index is -0.901. The number of nitrogens with zero attached hydrogens (tertiary/aromatic N) is 2. The van der Waals surface area contributed by atoms with Gasteiger partial charge in [0, 0.05) is 12.6 Å². The number of thiazole rings is 1. The third kappa shape index (κ3) is 5.16. The summed E-state index contributed by atoms with van der Waals surface area (Å²) in [4.78, 5) is 17.7. The zero-order valence-corrected chi connectivity index (χ0v) is 12.9. The van der Waals surface area contributed by atoms with E-state index >= 15 is 0 Å². The highest BCUT2D eigenvalue weighted by Crippen LogP contribution is 2.22. The molecule has 1 rings (SSSR count). The van der Waals surface area contributed by atoms with Gasteiger partial charge in [0.05, 0.1) is 5.69 Å². The Bertz CT molecular complexity index is 418. The molecule has 0 saturated carbocycles. The second-order valence-corrected chi connectivity index (χ2v) is 5.95. The van der Waals surface area contributed by atoms with E-state index in [2.05, 4.69) is 36.1 Å². The molecule has 1 heterocycles. The molecule has 0 atom stereocenters. The van der Waals surface area contributed by atoms with Crippen molar-refractivity contribution < 1.29 is 9.90 Å².